The van der Waals surface area contributed by atoms with Crippen LogP contribution in [-0.2, 0) is 0 Å². The summed E-state index contributed by atoms with van der Waals surface area (Å²) in [7, 11) is 0. The Morgan fingerprint density at radius 1 is 1.20 bits per heavy atom. The Kier molecular flexibility index (Phi) is 5.90. The lowest BCUT2D eigenvalue weighted by Gasteiger charge is -2.20. The van der Waals surface area contributed by atoms with Crippen LogP contribution in [0.2, 0.25) is 0 Å². The van der Waals surface area contributed by atoms with E-state index in [1.54, 1.807) is 0 Å². The number of nitrogens with zero attached hydrogens (tertiary/aromatic N) is 1. The molecule has 1 aliphatic rings. The first-order valence-corrected chi connectivity index (χ1v) is 8.32. The standard InChI is InChI=1S/C18H30N2/c1-4-6-16-11-13-20(14-16)18-9-7-17(8-10-18)15(3)19-12-5-2/h7-10,15-16,19H,4-6,11-14H2,1-3H3. The lowest BCUT2D eigenvalue weighted by Crippen LogP contribution is -2.21. The Bertz CT molecular complexity index is 385. The van der Waals surface area contributed by atoms with E-state index in [2.05, 4.69) is 55.3 Å². The maximum atomic E-state index is 3.55. The summed E-state index contributed by atoms with van der Waals surface area (Å²) in [6.45, 7) is 10.3. The Morgan fingerprint density at radius 2 is 1.95 bits per heavy atom. The van der Waals surface area contributed by atoms with Crippen molar-refractivity contribution in [3.63, 3.8) is 0 Å². The van der Waals surface area contributed by atoms with Crippen LogP contribution < -0.4 is 10.2 Å². The number of benzene rings is 1. The van der Waals surface area contributed by atoms with Gasteiger partial charge < -0.3 is 10.2 Å². The third-order valence-corrected chi connectivity index (χ3v) is 4.44. The average Bonchev–Trinajstić information content (AvgIpc) is 2.94. The molecule has 2 unspecified atom stereocenters. The van der Waals surface area contributed by atoms with Crippen LogP contribution in [0.4, 0.5) is 5.69 Å². The Balaban J connectivity index is 1.91. The molecule has 1 saturated heterocycles. The number of hydrogen-bond donors (Lipinski definition) is 1. The van der Waals surface area contributed by atoms with Crippen molar-refractivity contribution in [2.75, 3.05) is 24.5 Å². The molecule has 0 bridgehead atoms. The Morgan fingerprint density at radius 3 is 2.60 bits per heavy atom. The Labute approximate surface area is 124 Å². The second-order valence-electron chi connectivity index (χ2n) is 6.16. The average molecular weight is 274 g/mol. The molecule has 2 nitrogen and oxygen atoms in total. The van der Waals surface area contributed by atoms with E-state index >= 15 is 0 Å². The first kappa shape index (κ1) is 15.4. The highest BCUT2D eigenvalue weighted by atomic mass is 15.1. The van der Waals surface area contributed by atoms with Gasteiger partial charge in [-0.25, -0.2) is 0 Å². The van der Waals surface area contributed by atoms with E-state index in [1.165, 1.54) is 50.0 Å². The zero-order valence-electron chi connectivity index (χ0n) is 13.4. The van der Waals surface area contributed by atoms with Gasteiger partial charge in [0.25, 0.3) is 0 Å². The van der Waals surface area contributed by atoms with Crippen molar-refractivity contribution < 1.29 is 0 Å². The Hall–Kier alpha value is -1.02. The molecule has 112 valence electrons. The third kappa shape index (κ3) is 3.99. The van der Waals surface area contributed by atoms with Crippen LogP contribution in [-0.4, -0.2) is 19.6 Å². The number of hydrogen-bond acceptors (Lipinski definition) is 2. The van der Waals surface area contributed by atoms with Crippen molar-refractivity contribution in [1.29, 1.82) is 0 Å². The zero-order chi connectivity index (χ0) is 14.4. The zero-order valence-corrected chi connectivity index (χ0v) is 13.4. The second-order valence-corrected chi connectivity index (χ2v) is 6.16. The molecule has 0 spiro atoms. The van der Waals surface area contributed by atoms with Gasteiger partial charge in [-0.3, -0.25) is 0 Å². The molecule has 2 rings (SSSR count). The molecule has 1 N–H and O–H groups in total. The van der Waals surface area contributed by atoms with Gasteiger partial charge in [-0.1, -0.05) is 32.4 Å². The monoisotopic (exact) mass is 274 g/mol. The van der Waals surface area contributed by atoms with Crippen LogP contribution in [0.15, 0.2) is 24.3 Å². The summed E-state index contributed by atoms with van der Waals surface area (Å²) in [5.74, 6) is 0.907. The molecule has 20 heavy (non-hydrogen) atoms. The molecular weight excluding hydrogens is 244 g/mol. The molecule has 0 amide bonds. The maximum Gasteiger partial charge on any atom is 0.0366 e. The lowest BCUT2D eigenvalue weighted by atomic mass is 10.0. The number of rotatable bonds is 7. The van der Waals surface area contributed by atoms with Gasteiger partial charge in [0.2, 0.25) is 0 Å². The van der Waals surface area contributed by atoms with Crippen LogP contribution in [0.5, 0.6) is 0 Å². The van der Waals surface area contributed by atoms with Gasteiger partial charge in [0.05, 0.1) is 0 Å². The minimum Gasteiger partial charge on any atom is -0.371 e. The topological polar surface area (TPSA) is 15.3 Å². The molecule has 0 saturated carbocycles. The van der Waals surface area contributed by atoms with E-state index < -0.39 is 0 Å². The van der Waals surface area contributed by atoms with Crippen LogP contribution in [0, 0.1) is 5.92 Å². The SMILES string of the molecule is CCCNC(C)c1ccc(N2CCC(CCC)C2)cc1. The smallest absolute Gasteiger partial charge is 0.0366 e. The van der Waals surface area contributed by atoms with Crippen LogP contribution in [0.1, 0.15) is 58.1 Å². The lowest BCUT2D eigenvalue weighted by molar-refractivity contribution is 0.530. The molecule has 0 aliphatic carbocycles. The largest absolute Gasteiger partial charge is 0.371 e. The summed E-state index contributed by atoms with van der Waals surface area (Å²) in [5, 5.41) is 3.55. The van der Waals surface area contributed by atoms with Gasteiger partial charge in [-0.15, -0.1) is 0 Å². The minimum atomic E-state index is 0.454. The van der Waals surface area contributed by atoms with Crippen molar-refractivity contribution in [2.45, 2.75) is 52.5 Å². The predicted octanol–water partition coefficient (Wildman–Crippen LogP) is 4.37. The first-order valence-electron chi connectivity index (χ1n) is 8.32. The van der Waals surface area contributed by atoms with Gasteiger partial charge in [0.15, 0.2) is 0 Å². The van der Waals surface area contributed by atoms with E-state index in [-0.39, 0.29) is 0 Å². The first-order chi connectivity index (χ1) is 9.74. The molecule has 2 atom stereocenters. The van der Waals surface area contributed by atoms with Gasteiger partial charge in [-0.05, 0) is 56.3 Å². The van der Waals surface area contributed by atoms with Crippen molar-refractivity contribution in [3.8, 4) is 0 Å². The molecule has 0 aromatic heterocycles. The second kappa shape index (κ2) is 7.68. The third-order valence-electron chi connectivity index (χ3n) is 4.44. The highest BCUT2D eigenvalue weighted by molar-refractivity contribution is 5.48. The van der Waals surface area contributed by atoms with Crippen molar-refractivity contribution >= 4 is 5.69 Å². The van der Waals surface area contributed by atoms with Crippen molar-refractivity contribution in [3.05, 3.63) is 29.8 Å². The van der Waals surface area contributed by atoms with E-state index in [1.807, 2.05) is 0 Å². The molecule has 1 aromatic rings. The molecular formula is C18H30N2. The van der Waals surface area contributed by atoms with Crippen LogP contribution in [0.25, 0.3) is 0 Å². The molecule has 2 heteroatoms. The van der Waals surface area contributed by atoms with Gasteiger partial charge in [-0.2, -0.15) is 0 Å². The van der Waals surface area contributed by atoms with E-state index in [0.29, 0.717) is 6.04 Å². The van der Waals surface area contributed by atoms with Gasteiger partial charge >= 0.3 is 0 Å². The molecule has 0 radical (unpaired) electrons. The summed E-state index contributed by atoms with van der Waals surface area (Å²) < 4.78 is 0. The van der Waals surface area contributed by atoms with E-state index in [9.17, 15) is 0 Å². The summed E-state index contributed by atoms with van der Waals surface area (Å²) >= 11 is 0. The minimum absolute atomic E-state index is 0.454. The van der Waals surface area contributed by atoms with E-state index in [0.717, 1.165) is 12.5 Å². The summed E-state index contributed by atoms with van der Waals surface area (Å²) in [5.41, 5.74) is 2.79. The normalized spacial score (nSPS) is 20.4. The highest BCUT2D eigenvalue weighted by Crippen LogP contribution is 2.27. The van der Waals surface area contributed by atoms with Crippen LogP contribution >= 0.6 is 0 Å². The van der Waals surface area contributed by atoms with E-state index in [4.69, 9.17) is 0 Å². The molecule has 1 heterocycles. The number of nitrogens with one attached hydrogen (secondary N) is 1. The fraction of sp³-hybridized carbons (Fsp3) is 0.667. The highest BCUT2D eigenvalue weighted by Gasteiger charge is 2.21. The van der Waals surface area contributed by atoms with Crippen molar-refractivity contribution in [2.24, 2.45) is 5.92 Å². The quantitative estimate of drug-likeness (QED) is 0.794. The fourth-order valence-electron chi connectivity index (χ4n) is 3.16. The maximum absolute atomic E-state index is 3.55. The summed E-state index contributed by atoms with van der Waals surface area (Å²) in [4.78, 5) is 2.55. The molecule has 1 aliphatic heterocycles. The number of anilines is 1. The van der Waals surface area contributed by atoms with Gasteiger partial charge in [0.1, 0.15) is 0 Å². The summed E-state index contributed by atoms with van der Waals surface area (Å²) in [6.07, 6.45) is 5.25. The van der Waals surface area contributed by atoms with Crippen molar-refractivity contribution in [1.82, 2.24) is 5.32 Å². The summed E-state index contributed by atoms with van der Waals surface area (Å²) in [6, 6.07) is 9.63. The molecule has 1 aromatic carbocycles. The van der Waals surface area contributed by atoms with Gasteiger partial charge in [0, 0.05) is 24.8 Å². The van der Waals surface area contributed by atoms with Crippen LogP contribution in [0.3, 0.4) is 0 Å². The predicted molar refractivity (Wildman–Crippen MR) is 88.4 cm³/mol. The fourth-order valence-corrected chi connectivity index (χ4v) is 3.16. The molecule has 1 fully saturated rings.